The highest BCUT2D eigenvalue weighted by atomic mass is 79.9. The third kappa shape index (κ3) is 2.66. The molecule has 3 heteroatoms. The van der Waals surface area contributed by atoms with Gasteiger partial charge in [0.1, 0.15) is 5.75 Å². The van der Waals surface area contributed by atoms with Gasteiger partial charge in [0.05, 0.1) is 0 Å². The molecule has 0 saturated heterocycles. The molecule has 0 atom stereocenters. The lowest BCUT2D eigenvalue weighted by atomic mass is 10.1. The van der Waals surface area contributed by atoms with Crippen LogP contribution in [-0.2, 0) is 6.54 Å². The van der Waals surface area contributed by atoms with Gasteiger partial charge in [0, 0.05) is 22.6 Å². The lowest BCUT2D eigenvalue weighted by Gasteiger charge is -2.14. The molecule has 2 rings (SSSR count). The molecular formula is C13H16BrNO. The van der Waals surface area contributed by atoms with Gasteiger partial charge in [-0.1, -0.05) is 28.1 Å². The number of halogens is 1. The summed E-state index contributed by atoms with van der Waals surface area (Å²) >= 11 is 3.45. The predicted molar refractivity (Wildman–Crippen MR) is 69.5 cm³/mol. The number of hydrogen-bond acceptors (Lipinski definition) is 2. The van der Waals surface area contributed by atoms with Gasteiger partial charge >= 0.3 is 0 Å². The smallest absolute Gasteiger partial charge is 0.123 e. The summed E-state index contributed by atoms with van der Waals surface area (Å²) in [6.45, 7) is 2.64. The SMILES string of the molecule is Cc1cc(Br)cc(CNC2CC=CC2)c1O. The Kier molecular flexibility index (Phi) is 3.66. The van der Waals surface area contributed by atoms with Crippen LogP contribution in [0.1, 0.15) is 24.0 Å². The van der Waals surface area contributed by atoms with Gasteiger partial charge in [-0.05, 0) is 37.5 Å². The van der Waals surface area contributed by atoms with Crippen LogP contribution in [0, 0.1) is 6.92 Å². The van der Waals surface area contributed by atoms with Crippen LogP contribution in [0.15, 0.2) is 28.8 Å². The molecule has 1 aliphatic rings. The number of rotatable bonds is 3. The van der Waals surface area contributed by atoms with E-state index in [1.54, 1.807) is 0 Å². The first-order valence-corrected chi connectivity index (χ1v) is 6.32. The number of aromatic hydroxyl groups is 1. The van der Waals surface area contributed by atoms with Crippen LogP contribution < -0.4 is 5.32 Å². The second kappa shape index (κ2) is 5.02. The summed E-state index contributed by atoms with van der Waals surface area (Å²) < 4.78 is 1.02. The van der Waals surface area contributed by atoms with Gasteiger partial charge in [-0.15, -0.1) is 0 Å². The van der Waals surface area contributed by atoms with E-state index in [1.165, 1.54) is 0 Å². The van der Waals surface area contributed by atoms with E-state index < -0.39 is 0 Å². The lowest BCUT2D eigenvalue weighted by Crippen LogP contribution is -2.25. The number of aryl methyl sites for hydroxylation is 1. The van der Waals surface area contributed by atoms with Crippen molar-refractivity contribution in [2.45, 2.75) is 32.4 Å². The number of nitrogens with one attached hydrogen (secondary N) is 1. The number of hydrogen-bond donors (Lipinski definition) is 2. The van der Waals surface area contributed by atoms with Crippen LogP contribution >= 0.6 is 15.9 Å². The van der Waals surface area contributed by atoms with E-state index in [9.17, 15) is 5.11 Å². The molecule has 2 N–H and O–H groups in total. The first-order chi connectivity index (χ1) is 7.66. The van der Waals surface area contributed by atoms with Crippen LogP contribution in [0.5, 0.6) is 5.75 Å². The maximum atomic E-state index is 9.92. The second-order valence-corrected chi connectivity index (χ2v) is 5.17. The summed E-state index contributed by atoms with van der Waals surface area (Å²) in [5.41, 5.74) is 1.87. The highest BCUT2D eigenvalue weighted by Gasteiger charge is 2.11. The van der Waals surface area contributed by atoms with Crippen molar-refractivity contribution in [2.24, 2.45) is 0 Å². The molecule has 2 nitrogen and oxygen atoms in total. The van der Waals surface area contributed by atoms with Crippen LogP contribution in [-0.4, -0.2) is 11.1 Å². The molecule has 1 aromatic rings. The maximum Gasteiger partial charge on any atom is 0.123 e. The zero-order valence-corrected chi connectivity index (χ0v) is 10.9. The minimum atomic E-state index is 0.404. The summed E-state index contributed by atoms with van der Waals surface area (Å²) in [5, 5.41) is 13.4. The summed E-state index contributed by atoms with van der Waals surface area (Å²) in [6, 6.07) is 4.42. The Balaban J connectivity index is 2.03. The monoisotopic (exact) mass is 281 g/mol. The summed E-state index contributed by atoms with van der Waals surface area (Å²) in [4.78, 5) is 0. The van der Waals surface area contributed by atoms with E-state index in [0.29, 0.717) is 11.8 Å². The molecule has 0 fully saturated rings. The molecule has 16 heavy (non-hydrogen) atoms. The molecule has 1 aliphatic carbocycles. The predicted octanol–water partition coefficient (Wildman–Crippen LogP) is 3.27. The maximum absolute atomic E-state index is 9.92. The van der Waals surface area contributed by atoms with Crippen LogP contribution in [0.4, 0.5) is 0 Å². The fourth-order valence-electron chi connectivity index (χ4n) is 1.98. The summed E-state index contributed by atoms with van der Waals surface area (Å²) in [7, 11) is 0. The van der Waals surface area contributed by atoms with Crippen molar-refractivity contribution in [2.75, 3.05) is 0 Å². The van der Waals surface area contributed by atoms with Crippen molar-refractivity contribution in [1.29, 1.82) is 0 Å². The molecule has 86 valence electrons. The molecule has 0 aliphatic heterocycles. The van der Waals surface area contributed by atoms with Gasteiger partial charge in [-0.2, -0.15) is 0 Å². The first kappa shape index (κ1) is 11.7. The molecule has 0 radical (unpaired) electrons. The average Bonchev–Trinajstić information content (AvgIpc) is 2.74. The van der Waals surface area contributed by atoms with Crippen molar-refractivity contribution in [3.63, 3.8) is 0 Å². The number of phenolic OH excluding ortho intramolecular Hbond substituents is 1. The second-order valence-electron chi connectivity index (χ2n) is 4.25. The van der Waals surface area contributed by atoms with Gasteiger partial charge in [0.15, 0.2) is 0 Å². The first-order valence-electron chi connectivity index (χ1n) is 5.53. The van der Waals surface area contributed by atoms with E-state index in [-0.39, 0.29) is 0 Å². The zero-order valence-electron chi connectivity index (χ0n) is 9.33. The van der Waals surface area contributed by atoms with Crippen LogP contribution in [0.25, 0.3) is 0 Å². The van der Waals surface area contributed by atoms with Crippen molar-refractivity contribution in [3.8, 4) is 5.75 Å². The molecule has 0 unspecified atom stereocenters. The van der Waals surface area contributed by atoms with Gasteiger partial charge in [0.25, 0.3) is 0 Å². The lowest BCUT2D eigenvalue weighted by molar-refractivity contribution is 0.454. The number of phenols is 1. The molecule has 0 spiro atoms. The van der Waals surface area contributed by atoms with Crippen molar-refractivity contribution in [3.05, 3.63) is 39.9 Å². The third-order valence-corrected chi connectivity index (χ3v) is 3.39. The highest BCUT2D eigenvalue weighted by Crippen LogP contribution is 2.26. The third-order valence-electron chi connectivity index (χ3n) is 2.93. The molecule has 0 saturated carbocycles. The van der Waals surface area contributed by atoms with Gasteiger partial charge < -0.3 is 10.4 Å². The minimum absolute atomic E-state index is 0.404. The summed E-state index contributed by atoms with van der Waals surface area (Å²) in [5.74, 6) is 0.404. The quantitative estimate of drug-likeness (QED) is 0.834. The molecule has 0 amide bonds. The van der Waals surface area contributed by atoms with Crippen molar-refractivity contribution >= 4 is 15.9 Å². The van der Waals surface area contributed by atoms with Crippen LogP contribution in [0.2, 0.25) is 0 Å². The molecule has 0 heterocycles. The van der Waals surface area contributed by atoms with E-state index in [2.05, 4.69) is 33.4 Å². The molecule has 0 aromatic heterocycles. The van der Waals surface area contributed by atoms with Crippen molar-refractivity contribution in [1.82, 2.24) is 5.32 Å². The van der Waals surface area contributed by atoms with E-state index in [1.807, 2.05) is 19.1 Å². The van der Waals surface area contributed by atoms with E-state index in [4.69, 9.17) is 0 Å². The van der Waals surface area contributed by atoms with Crippen molar-refractivity contribution < 1.29 is 5.11 Å². The Morgan fingerprint density at radius 3 is 2.75 bits per heavy atom. The van der Waals surface area contributed by atoms with Gasteiger partial charge in [-0.3, -0.25) is 0 Å². The normalized spacial score (nSPS) is 15.9. The average molecular weight is 282 g/mol. The fraction of sp³-hybridized carbons (Fsp3) is 0.385. The Hall–Kier alpha value is -0.800. The Labute approximate surface area is 105 Å². The summed E-state index contributed by atoms with van der Waals surface area (Å²) in [6.07, 6.45) is 6.58. The van der Waals surface area contributed by atoms with E-state index in [0.717, 1.165) is 35.0 Å². The minimum Gasteiger partial charge on any atom is -0.507 e. The Morgan fingerprint density at radius 1 is 1.38 bits per heavy atom. The topological polar surface area (TPSA) is 32.3 Å². The number of benzene rings is 1. The Bertz CT molecular complexity index is 407. The molecular weight excluding hydrogens is 266 g/mol. The highest BCUT2D eigenvalue weighted by molar-refractivity contribution is 9.10. The zero-order chi connectivity index (χ0) is 11.5. The van der Waals surface area contributed by atoms with Gasteiger partial charge in [0.2, 0.25) is 0 Å². The standard InChI is InChI=1S/C13H16BrNO/c1-9-6-11(14)7-10(13(9)16)8-15-12-4-2-3-5-12/h2-3,6-7,12,15-16H,4-5,8H2,1H3. The van der Waals surface area contributed by atoms with E-state index >= 15 is 0 Å². The fourth-order valence-corrected chi connectivity index (χ4v) is 2.60. The Morgan fingerprint density at radius 2 is 2.06 bits per heavy atom. The van der Waals surface area contributed by atoms with Crippen LogP contribution in [0.3, 0.4) is 0 Å². The molecule has 1 aromatic carbocycles. The van der Waals surface area contributed by atoms with Gasteiger partial charge in [-0.25, -0.2) is 0 Å². The largest absolute Gasteiger partial charge is 0.507 e. The molecule has 0 bridgehead atoms.